The number of rotatable bonds is 5. The molecule has 1 atom stereocenters. The van der Waals surface area contributed by atoms with Crippen LogP contribution < -0.4 is 10.6 Å². The van der Waals surface area contributed by atoms with Gasteiger partial charge in [-0.25, -0.2) is 0 Å². The molecule has 5 heteroatoms. The zero-order chi connectivity index (χ0) is 16.8. The van der Waals surface area contributed by atoms with Crippen molar-refractivity contribution in [2.45, 2.75) is 25.3 Å². The van der Waals surface area contributed by atoms with E-state index in [1.165, 1.54) is 0 Å². The van der Waals surface area contributed by atoms with Crippen molar-refractivity contribution in [1.82, 2.24) is 10.6 Å². The molecule has 1 aliphatic rings. The highest BCUT2D eigenvalue weighted by Crippen LogP contribution is 2.24. The standard InChI is InChI=1S/C20H23ClN2O.ClH/c21-18-9-5-4-8-17(18)14-19(15-6-2-1-3-7-15)23-20(24)16-10-12-22-13-11-16;/h1-9,16,19,22H,10-14H2,(H,23,24);1H. The van der Waals surface area contributed by atoms with Gasteiger partial charge in [0.25, 0.3) is 0 Å². The lowest BCUT2D eigenvalue weighted by molar-refractivity contribution is -0.126. The summed E-state index contributed by atoms with van der Waals surface area (Å²) in [5.41, 5.74) is 2.17. The summed E-state index contributed by atoms with van der Waals surface area (Å²) in [4.78, 5) is 12.7. The first kappa shape index (κ1) is 19.8. The van der Waals surface area contributed by atoms with Crippen LogP contribution in [0.1, 0.15) is 30.0 Å². The van der Waals surface area contributed by atoms with Gasteiger partial charge >= 0.3 is 0 Å². The minimum atomic E-state index is -0.0616. The van der Waals surface area contributed by atoms with Gasteiger partial charge in [0.05, 0.1) is 6.04 Å². The van der Waals surface area contributed by atoms with E-state index in [4.69, 9.17) is 11.6 Å². The Labute approximate surface area is 160 Å². The van der Waals surface area contributed by atoms with E-state index in [1.54, 1.807) is 0 Å². The van der Waals surface area contributed by atoms with E-state index >= 15 is 0 Å². The Bertz CT molecular complexity index is 672. The highest BCUT2D eigenvalue weighted by Gasteiger charge is 2.24. The van der Waals surface area contributed by atoms with E-state index in [0.717, 1.165) is 42.1 Å². The molecule has 0 aliphatic carbocycles. The maximum absolute atomic E-state index is 12.7. The first-order valence-corrected chi connectivity index (χ1v) is 8.91. The van der Waals surface area contributed by atoms with E-state index in [2.05, 4.69) is 22.8 Å². The maximum atomic E-state index is 12.7. The van der Waals surface area contributed by atoms with Crippen LogP contribution in [-0.4, -0.2) is 19.0 Å². The molecule has 2 aromatic carbocycles. The molecule has 1 unspecified atom stereocenters. The second-order valence-corrected chi connectivity index (χ2v) is 6.70. The summed E-state index contributed by atoms with van der Waals surface area (Å²) in [5, 5.41) is 7.30. The smallest absolute Gasteiger partial charge is 0.223 e. The Morgan fingerprint density at radius 1 is 1.08 bits per heavy atom. The number of hydrogen-bond donors (Lipinski definition) is 2. The van der Waals surface area contributed by atoms with Gasteiger partial charge in [-0.3, -0.25) is 4.79 Å². The van der Waals surface area contributed by atoms with Crippen LogP contribution in [0.3, 0.4) is 0 Å². The SMILES string of the molecule is Cl.O=C(NC(Cc1ccccc1Cl)c1ccccc1)C1CCNCC1. The minimum Gasteiger partial charge on any atom is -0.349 e. The van der Waals surface area contributed by atoms with Crippen molar-refractivity contribution in [3.63, 3.8) is 0 Å². The molecule has 1 fully saturated rings. The Morgan fingerprint density at radius 2 is 1.72 bits per heavy atom. The van der Waals surface area contributed by atoms with Crippen LogP contribution >= 0.6 is 24.0 Å². The first-order valence-electron chi connectivity index (χ1n) is 8.53. The third kappa shape index (κ3) is 5.46. The van der Waals surface area contributed by atoms with Crippen LogP contribution in [-0.2, 0) is 11.2 Å². The van der Waals surface area contributed by atoms with Crippen molar-refractivity contribution < 1.29 is 4.79 Å². The molecule has 0 spiro atoms. The Morgan fingerprint density at radius 3 is 2.40 bits per heavy atom. The summed E-state index contributed by atoms with van der Waals surface area (Å²) in [6.07, 6.45) is 2.50. The highest BCUT2D eigenvalue weighted by atomic mass is 35.5. The van der Waals surface area contributed by atoms with Crippen LogP contribution in [0.5, 0.6) is 0 Å². The molecular weight excluding hydrogens is 355 g/mol. The zero-order valence-corrected chi connectivity index (χ0v) is 15.7. The Balaban J connectivity index is 0.00000225. The van der Waals surface area contributed by atoms with Gasteiger partial charge in [0.1, 0.15) is 0 Å². The van der Waals surface area contributed by atoms with Crippen molar-refractivity contribution in [1.29, 1.82) is 0 Å². The van der Waals surface area contributed by atoms with Gasteiger partial charge in [0, 0.05) is 10.9 Å². The van der Waals surface area contributed by atoms with Gasteiger partial charge < -0.3 is 10.6 Å². The molecule has 2 N–H and O–H groups in total. The Hall–Kier alpha value is -1.55. The summed E-state index contributed by atoms with van der Waals surface area (Å²) in [6, 6.07) is 17.9. The lowest BCUT2D eigenvalue weighted by Gasteiger charge is -2.26. The van der Waals surface area contributed by atoms with Crippen molar-refractivity contribution in [2.24, 2.45) is 5.92 Å². The molecule has 3 nitrogen and oxygen atoms in total. The lowest BCUT2D eigenvalue weighted by atomic mass is 9.94. The molecule has 0 radical (unpaired) electrons. The lowest BCUT2D eigenvalue weighted by Crippen LogP contribution is -2.40. The number of amides is 1. The van der Waals surface area contributed by atoms with E-state index < -0.39 is 0 Å². The van der Waals surface area contributed by atoms with Gasteiger partial charge in [-0.15, -0.1) is 12.4 Å². The second-order valence-electron chi connectivity index (χ2n) is 6.29. The van der Waals surface area contributed by atoms with Gasteiger partial charge in [-0.2, -0.15) is 0 Å². The molecule has 1 amide bonds. The summed E-state index contributed by atoms with van der Waals surface area (Å²) in [6.45, 7) is 1.83. The summed E-state index contributed by atoms with van der Waals surface area (Å²) < 4.78 is 0. The largest absolute Gasteiger partial charge is 0.349 e. The molecule has 1 saturated heterocycles. The molecule has 2 aromatic rings. The van der Waals surface area contributed by atoms with E-state index in [-0.39, 0.29) is 30.3 Å². The predicted octanol–water partition coefficient (Wildman–Crippen LogP) is 4.16. The van der Waals surface area contributed by atoms with Crippen molar-refractivity contribution in [3.05, 3.63) is 70.7 Å². The molecule has 0 saturated carbocycles. The number of hydrogen-bond acceptors (Lipinski definition) is 2. The number of carbonyl (C=O) groups is 1. The maximum Gasteiger partial charge on any atom is 0.223 e. The van der Waals surface area contributed by atoms with E-state index in [1.807, 2.05) is 42.5 Å². The van der Waals surface area contributed by atoms with Crippen molar-refractivity contribution in [3.8, 4) is 0 Å². The second kappa shape index (κ2) is 9.81. The Kier molecular flexibility index (Phi) is 7.76. The molecule has 1 heterocycles. The van der Waals surface area contributed by atoms with Crippen LogP contribution in [0.2, 0.25) is 5.02 Å². The normalized spacial score (nSPS) is 15.9. The molecule has 134 valence electrons. The average molecular weight is 379 g/mol. The van der Waals surface area contributed by atoms with Crippen LogP contribution in [0, 0.1) is 5.92 Å². The monoisotopic (exact) mass is 378 g/mol. The van der Waals surface area contributed by atoms with Crippen LogP contribution in [0.15, 0.2) is 54.6 Å². The third-order valence-corrected chi connectivity index (χ3v) is 4.98. The molecule has 0 aromatic heterocycles. The summed E-state index contributed by atoms with van der Waals surface area (Å²) in [7, 11) is 0. The van der Waals surface area contributed by atoms with Crippen LogP contribution in [0.4, 0.5) is 0 Å². The minimum absolute atomic E-state index is 0. The fourth-order valence-corrected chi connectivity index (χ4v) is 3.41. The average Bonchev–Trinajstić information content (AvgIpc) is 2.64. The summed E-state index contributed by atoms with van der Waals surface area (Å²) in [5.74, 6) is 0.251. The quantitative estimate of drug-likeness (QED) is 0.819. The highest BCUT2D eigenvalue weighted by molar-refractivity contribution is 6.31. The summed E-state index contributed by atoms with van der Waals surface area (Å²) >= 11 is 6.32. The van der Waals surface area contributed by atoms with Crippen molar-refractivity contribution >= 4 is 29.9 Å². The van der Waals surface area contributed by atoms with Gasteiger partial charge in [-0.1, -0.05) is 60.1 Å². The fraction of sp³-hybridized carbons (Fsp3) is 0.350. The number of carbonyl (C=O) groups excluding carboxylic acids is 1. The fourth-order valence-electron chi connectivity index (χ4n) is 3.20. The van der Waals surface area contributed by atoms with Gasteiger partial charge in [-0.05, 0) is 49.5 Å². The molecule has 1 aliphatic heterocycles. The first-order chi connectivity index (χ1) is 11.7. The molecular formula is C20H24Cl2N2O. The van der Waals surface area contributed by atoms with Crippen molar-refractivity contribution in [2.75, 3.05) is 13.1 Å². The van der Waals surface area contributed by atoms with E-state index in [0.29, 0.717) is 6.42 Å². The predicted molar refractivity (Wildman–Crippen MR) is 105 cm³/mol. The van der Waals surface area contributed by atoms with Crippen LogP contribution in [0.25, 0.3) is 0 Å². The van der Waals surface area contributed by atoms with Gasteiger partial charge in [0.2, 0.25) is 5.91 Å². The molecule has 25 heavy (non-hydrogen) atoms. The third-order valence-electron chi connectivity index (χ3n) is 4.61. The number of benzene rings is 2. The topological polar surface area (TPSA) is 41.1 Å². The molecule has 3 rings (SSSR count). The molecule has 0 bridgehead atoms. The zero-order valence-electron chi connectivity index (χ0n) is 14.1. The number of nitrogens with one attached hydrogen (secondary N) is 2. The van der Waals surface area contributed by atoms with E-state index in [9.17, 15) is 4.79 Å². The number of piperidine rings is 1. The number of halogens is 2. The van der Waals surface area contributed by atoms with Gasteiger partial charge in [0.15, 0.2) is 0 Å².